The van der Waals surface area contributed by atoms with E-state index >= 15 is 0 Å². The normalized spacial score (nSPS) is 12.2. The third-order valence-electron chi connectivity index (χ3n) is 2.17. The molecule has 0 radical (unpaired) electrons. The van der Waals surface area contributed by atoms with Gasteiger partial charge in [-0.05, 0) is 22.4 Å². The first-order chi connectivity index (χ1) is 8.77. The van der Waals surface area contributed by atoms with E-state index in [1.165, 1.54) is 0 Å². The van der Waals surface area contributed by atoms with Crippen LogP contribution >= 0.6 is 15.9 Å². The molecule has 0 aliphatic carbocycles. The number of nitrogen functional groups attached to an aromatic ring is 1. The van der Waals surface area contributed by atoms with E-state index in [9.17, 15) is 17.6 Å². The molecule has 1 heterocycles. The summed E-state index contributed by atoms with van der Waals surface area (Å²) >= 11 is 3.18. The lowest BCUT2D eigenvalue weighted by atomic mass is 10.3. The Morgan fingerprint density at radius 2 is 2.00 bits per heavy atom. The first-order valence-corrected chi connectivity index (χ1v) is 6.11. The number of halogens is 5. The van der Waals surface area contributed by atoms with Gasteiger partial charge in [0.2, 0.25) is 0 Å². The highest BCUT2D eigenvalue weighted by atomic mass is 79.9. The highest BCUT2D eigenvalue weighted by Crippen LogP contribution is 2.24. The van der Waals surface area contributed by atoms with Crippen molar-refractivity contribution in [2.45, 2.75) is 32.3 Å². The smallest absolute Gasteiger partial charge is 0.330 e. The highest BCUT2D eigenvalue weighted by molar-refractivity contribution is 9.10. The fraction of sp³-hybridized carbons (Fsp3) is 0.600. The minimum absolute atomic E-state index is 0.0719. The van der Waals surface area contributed by atoms with E-state index in [1.54, 1.807) is 0 Å². The van der Waals surface area contributed by atoms with Crippen molar-refractivity contribution in [2.24, 2.45) is 0 Å². The summed E-state index contributed by atoms with van der Waals surface area (Å²) in [5.41, 5.74) is 6.17. The molecule has 0 saturated heterocycles. The summed E-state index contributed by atoms with van der Waals surface area (Å²) in [5.74, 6) is -3.97. The quantitative estimate of drug-likeness (QED) is 0.805. The van der Waals surface area contributed by atoms with Gasteiger partial charge in [0.25, 0.3) is 0 Å². The number of hydrogen-bond donors (Lipinski definition) is 1. The maximum atomic E-state index is 12.6. The maximum Gasteiger partial charge on any atom is 0.330 e. The first kappa shape index (κ1) is 16.1. The SMILES string of the molecule is CCc1nc(COCC(F)(F)C(F)F)nc(N)c1Br. The van der Waals surface area contributed by atoms with E-state index in [2.05, 4.69) is 30.6 Å². The summed E-state index contributed by atoms with van der Waals surface area (Å²) in [6, 6.07) is 0. The molecule has 9 heteroatoms. The number of nitrogens with two attached hydrogens (primary N) is 1. The Morgan fingerprint density at radius 3 is 2.53 bits per heavy atom. The van der Waals surface area contributed by atoms with Crippen molar-refractivity contribution in [1.82, 2.24) is 9.97 Å². The van der Waals surface area contributed by atoms with Crippen LogP contribution in [0.2, 0.25) is 0 Å². The van der Waals surface area contributed by atoms with E-state index in [-0.39, 0.29) is 11.6 Å². The van der Waals surface area contributed by atoms with Crippen LogP contribution < -0.4 is 5.73 Å². The molecule has 1 aromatic heterocycles. The molecule has 0 atom stereocenters. The molecule has 0 spiro atoms. The number of aryl methyl sites for hydroxylation is 1. The molecule has 19 heavy (non-hydrogen) atoms. The first-order valence-electron chi connectivity index (χ1n) is 5.32. The van der Waals surface area contributed by atoms with E-state index in [4.69, 9.17) is 5.73 Å². The summed E-state index contributed by atoms with van der Waals surface area (Å²) in [6.07, 6.45) is -3.22. The Hall–Kier alpha value is -0.960. The zero-order chi connectivity index (χ0) is 14.6. The second-order valence-electron chi connectivity index (χ2n) is 3.69. The Kier molecular flexibility index (Phi) is 5.48. The monoisotopic (exact) mass is 345 g/mol. The van der Waals surface area contributed by atoms with Gasteiger partial charge >= 0.3 is 12.3 Å². The lowest BCUT2D eigenvalue weighted by molar-refractivity contribution is -0.168. The fourth-order valence-corrected chi connectivity index (χ4v) is 1.66. The molecule has 108 valence electrons. The van der Waals surface area contributed by atoms with Crippen LogP contribution in [0.15, 0.2) is 4.47 Å². The van der Waals surface area contributed by atoms with Crippen LogP contribution in [0, 0.1) is 0 Å². The average Bonchev–Trinajstić information content (AvgIpc) is 2.33. The largest absolute Gasteiger partial charge is 0.383 e. The summed E-state index contributed by atoms with van der Waals surface area (Å²) in [7, 11) is 0. The molecule has 0 amide bonds. The molecule has 1 aromatic rings. The minimum Gasteiger partial charge on any atom is -0.383 e. The molecule has 0 aliphatic heterocycles. The predicted octanol–water partition coefficient (Wildman–Crippen LogP) is 2.80. The van der Waals surface area contributed by atoms with E-state index in [0.29, 0.717) is 16.6 Å². The zero-order valence-corrected chi connectivity index (χ0v) is 11.6. The van der Waals surface area contributed by atoms with Gasteiger partial charge in [0, 0.05) is 0 Å². The van der Waals surface area contributed by atoms with Gasteiger partial charge in [-0.25, -0.2) is 18.7 Å². The maximum absolute atomic E-state index is 12.6. The van der Waals surface area contributed by atoms with Crippen LogP contribution in [0.3, 0.4) is 0 Å². The van der Waals surface area contributed by atoms with Gasteiger partial charge in [-0.2, -0.15) is 8.78 Å². The van der Waals surface area contributed by atoms with Crippen LogP contribution in [0.25, 0.3) is 0 Å². The highest BCUT2D eigenvalue weighted by Gasteiger charge is 2.41. The number of nitrogens with zero attached hydrogens (tertiary/aromatic N) is 2. The van der Waals surface area contributed by atoms with Crippen molar-refractivity contribution in [2.75, 3.05) is 12.3 Å². The van der Waals surface area contributed by atoms with Gasteiger partial charge in [0.1, 0.15) is 19.0 Å². The van der Waals surface area contributed by atoms with E-state index in [0.717, 1.165) is 0 Å². The standard InChI is InChI=1S/C10H12BrF4N3O/c1-2-5-7(11)8(16)18-6(17-5)3-19-4-10(14,15)9(12)13/h9H,2-4H2,1H3,(H2,16,17,18). The number of ether oxygens (including phenoxy) is 1. The third kappa shape index (κ3) is 4.27. The van der Waals surface area contributed by atoms with Gasteiger partial charge in [-0.15, -0.1) is 0 Å². The van der Waals surface area contributed by atoms with Gasteiger partial charge < -0.3 is 10.5 Å². The minimum atomic E-state index is -4.19. The van der Waals surface area contributed by atoms with Crippen LogP contribution in [0.5, 0.6) is 0 Å². The van der Waals surface area contributed by atoms with Crippen molar-refractivity contribution in [3.63, 3.8) is 0 Å². The Morgan fingerprint density at radius 1 is 1.37 bits per heavy atom. The molecule has 0 unspecified atom stereocenters. The topological polar surface area (TPSA) is 61.0 Å². The molecule has 0 aromatic carbocycles. The van der Waals surface area contributed by atoms with Gasteiger partial charge in [0.05, 0.1) is 10.2 Å². The van der Waals surface area contributed by atoms with Crippen molar-refractivity contribution in [1.29, 1.82) is 0 Å². The van der Waals surface area contributed by atoms with Crippen molar-refractivity contribution >= 4 is 21.7 Å². The lowest BCUT2D eigenvalue weighted by Gasteiger charge is -2.15. The molecule has 0 aliphatic rings. The summed E-state index contributed by atoms with van der Waals surface area (Å²) in [5, 5.41) is 0. The van der Waals surface area contributed by atoms with Gasteiger partial charge in [-0.1, -0.05) is 6.92 Å². The summed E-state index contributed by atoms with van der Waals surface area (Å²) < 4.78 is 54.0. The molecule has 0 bridgehead atoms. The van der Waals surface area contributed by atoms with Gasteiger partial charge in [0.15, 0.2) is 5.82 Å². The molecule has 1 rings (SSSR count). The Bertz CT molecular complexity index is 445. The third-order valence-corrected chi connectivity index (χ3v) is 3.04. The Balaban J connectivity index is 2.67. The van der Waals surface area contributed by atoms with Crippen molar-refractivity contribution in [3.8, 4) is 0 Å². The van der Waals surface area contributed by atoms with Crippen LogP contribution in [-0.2, 0) is 17.8 Å². The van der Waals surface area contributed by atoms with E-state index < -0.39 is 25.6 Å². The molecule has 0 saturated carbocycles. The molecular weight excluding hydrogens is 334 g/mol. The fourth-order valence-electron chi connectivity index (χ4n) is 1.21. The molecular formula is C10H12BrF4N3O. The molecule has 4 nitrogen and oxygen atoms in total. The average molecular weight is 346 g/mol. The number of alkyl halides is 4. The van der Waals surface area contributed by atoms with Crippen molar-refractivity contribution < 1.29 is 22.3 Å². The Labute approximate surface area is 115 Å². The number of rotatable bonds is 6. The number of hydrogen-bond acceptors (Lipinski definition) is 4. The molecule has 2 N–H and O–H groups in total. The number of anilines is 1. The van der Waals surface area contributed by atoms with Gasteiger partial charge in [-0.3, -0.25) is 0 Å². The number of aromatic nitrogens is 2. The van der Waals surface area contributed by atoms with Crippen LogP contribution in [0.1, 0.15) is 18.4 Å². The van der Waals surface area contributed by atoms with Crippen molar-refractivity contribution in [3.05, 3.63) is 16.0 Å². The lowest BCUT2D eigenvalue weighted by Crippen LogP contribution is -2.32. The second-order valence-corrected chi connectivity index (χ2v) is 4.49. The van der Waals surface area contributed by atoms with Crippen LogP contribution in [-0.4, -0.2) is 28.9 Å². The summed E-state index contributed by atoms with van der Waals surface area (Å²) in [4.78, 5) is 7.83. The summed E-state index contributed by atoms with van der Waals surface area (Å²) in [6.45, 7) is 0.0142. The van der Waals surface area contributed by atoms with Crippen LogP contribution in [0.4, 0.5) is 23.4 Å². The predicted molar refractivity (Wildman–Crippen MR) is 64.1 cm³/mol. The second kappa shape index (κ2) is 6.47. The molecule has 0 fully saturated rings. The zero-order valence-electron chi connectivity index (χ0n) is 9.97. The van der Waals surface area contributed by atoms with E-state index in [1.807, 2.05) is 6.92 Å².